The zero-order valence-electron chi connectivity index (χ0n) is 23.3. The standard InChI is InChI=1S/C34H33Cl2NO3/c1-33(2)14-25-30(27(38)16-33)29(31-26(37-25)15-34(3,4)17-28(31)39)23-12-21(35)13-24(36)32(23)40-18-20-10-7-9-19-8-5-6-11-22(19)20/h5-13,29,37H,14-18H2,1-4H3. The molecule has 1 N–H and O–H groups in total. The molecule has 6 rings (SSSR count). The number of ether oxygens (including phenoxy) is 1. The minimum Gasteiger partial charge on any atom is -0.487 e. The summed E-state index contributed by atoms with van der Waals surface area (Å²) in [5, 5.41) is 6.59. The normalized spacial score (nSPS) is 20.4. The van der Waals surface area contributed by atoms with E-state index in [1.807, 2.05) is 30.3 Å². The Balaban J connectivity index is 1.51. The highest BCUT2D eigenvalue weighted by atomic mass is 35.5. The van der Waals surface area contributed by atoms with Crippen LogP contribution in [0.2, 0.25) is 10.0 Å². The van der Waals surface area contributed by atoms with Gasteiger partial charge in [-0.05, 0) is 52.1 Å². The van der Waals surface area contributed by atoms with Crippen LogP contribution < -0.4 is 10.1 Å². The number of ketones is 2. The van der Waals surface area contributed by atoms with Crippen molar-refractivity contribution in [2.75, 3.05) is 0 Å². The molecule has 3 aliphatic rings. The maximum absolute atomic E-state index is 13.8. The Hall–Kier alpha value is -3.08. The third-order valence-corrected chi connectivity index (χ3v) is 8.82. The van der Waals surface area contributed by atoms with Crippen molar-refractivity contribution in [2.24, 2.45) is 10.8 Å². The van der Waals surface area contributed by atoms with E-state index in [0.717, 1.165) is 40.6 Å². The molecule has 3 aromatic carbocycles. The number of Topliss-reactive ketones (excluding diaryl/α,β-unsaturated/α-hetero) is 2. The van der Waals surface area contributed by atoms with Crippen LogP contribution in [-0.4, -0.2) is 11.6 Å². The van der Waals surface area contributed by atoms with Crippen molar-refractivity contribution in [3.63, 3.8) is 0 Å². The molecule has 1 aliphatic heterocycles. The second-order valence-corrected chi connectivity index (χ2v) is 13.8. The van der Waals surface area contributed by atoms with Crippen LogP contribution in [0, 0.1) is 10.8 Å². The topological polar surface area (TPSA) is 55.4 Å². The van der Waals surface area contributed by atoms with Crippen LogP contribution in [0.25, 0.3) is 10.8 Å². The molecule has 0 spiro atoms. The van der Waals surface area contributed by atoms with Gasteiger partial charge in [-0.1, -0.05) is 93.4 Å². The number of hydrogen-bond acceptors (Lipinski definition) is 4. The summed E-state index contributed by atoms with van der Waals surface area (Å²) in [5.74, 6) is -0.0369. The molecule has 206 valence electrons. The number of allylic oxidation sites excluding steroid dienone is 4. The van der Waals surface area contributed by atoms with Gasteiger partial charge in [0, 0.05) is 51.9 Å². The van der Waals surface area contributed by atoms with Gasteiger partial charge in [0.15, 0.2) is 11.6 Å². The minimum absolute atomic E-state index is 0.0454. The molecule has 6 heteroatoms. The van der Waals surface area contributed by atoms with Crippen molar-refractivity contribution in [2.45, 2.75) is 65.9 Å². The number of carbonyl (C=O) groups excluding carboxylic acids is 2. The fourth-order valence-electron chi connectivity index (χ4n) is 6.72. The molecule has 0 fully saturated rings. The smallest absolute Gasteiger partial charge is 0.162 e. The van der Waals surface area contributed by atoms with E-state index in [9.17, 15) is 9.59 Å². The van der Waals surface area contributed by atoms with Crippen molar-refractivity contribution in [3.8, 4) is 5.75 Å². The quantitative estimate of drug-likeness (QED) is 0.339. The molecule has 2 aliphatic carbocycles. The summed E-state index contributed by atoms with van der Waals surface area (Å²) < 4.78 is 6.50. The third kappa shape index (κ3) is 4.86. The van der Waals surface area contributed by atoms with E-state index in [2.05, 4.69) is 51.2 Å². The summed E-state index contributed by atoms with van der Waals surface area (Å²) in [6.45, 7) is 8.72. The van der Waals surface area contributed by atoms with Gasteiger partial charge in [0.2, 0.25) is 0 Å². The summed E-state index contributed by atoms with van der Waals surface area (Å²) in [5.41, 5.74) is 4.39. The second kappa shape index (κ2) is 9.78. The first kappa shape index (κ1) is 27.1. The highest BCUT2D eigenvalue weighted by molar-refractivity contribution is 6.35. The maximum atomic E-state index is 13.8. The predicted octanol–water partition coefficient (Wildman–Crippen LogP) is 8.70. The van der Waals surface area contributed by atoms with Crippen LogP contribution in [0.4, 0.5) is 0 Å². The van der Waals surface area contributed by atoms with Crippen LogP contribution in [0.3, 0.4) is 0 Å². The minimum atomic E-state index is -0.586. The van der Waals surface area contributed by atoms with Gasteiger partial charge in [0.05, 0.1) is 5.02 Å². The average molecular weight is 575 g/mol. The van der Waals surface area contributed by atoms with Gasteiger partial charge in [0.1, 0.15) is 12.4 Å². The van der Waals surface area contributed by atoms with Crippen LogP contribution in [0.15, 0.2) is 77.1 Å². The van der Waals surface area contributed by atoms with Gasteiger partial charge in [-0.2, -0.15) is 0 Å². The Kier molecular flexibility index (Phi) is 6.63. The molecule has 0 aromatic heterocycles. The number of halogens is 2. The molecular weight excluding hydrogens is 541 g/mol. The fraction of sp³-hybridized carbons (Fsp3) is 0.353. The van der Waals surface area contributed by atoms with Gasteiger partial charge >= 0.3 is 0 Å². The lowest BCUT2D eigenvalue weighted by atomic mass is 9.64. The van der Waals surface area contributed by atoms with Gasteiger partial charge in [-0.25, -0.2) is 0 Å². The van der Waals surface area contributed by atoms with Crippen molar-refractivity contribution < 1.29 is 14.3 Å². The lowest BCUT2D eigenvalue weighted by Gasteiger charge is -2.44. The van der Waals surface area contributed by atoms with E-state index in [0.29, 0.717) is 45.3 Å². The molecule has 3 aromatic rings. The summed E-state index contributed by atoms with van der Waals surface area (Å²) in [6, 6.07) is 17.8. The molecule has 0 saturated heterocycles. The Morgan fingerprint density at radius 2 is 1.43 bits per heavy atom. The fourth-order valence-corrected chi connectivity index (χ4v) is 7.28. The second-order valence-electron chi connectivity index (χ2n) is 13.0. The molecule has 0 amide bonds. The molecule has 0 bridgehead atoms. The van der Waals surface area contributed by atoms with Crippen LogP contribution in [-0.2, 0) is 16.2 Å². The van der Waals surface area contributed by atoms with Crippen molar-refractivity contribution in [1.29, 1.82) is 0 Å². The molecule has 0 saturated carbocycles. The van der Waals surface area contributed by atoms with E-state index < -0.39 is 5.92 Å². The monoisotopic (exact) mass is 573 g/mol. The Bertz CT molecular complexity index is 1590. The van der Waals surface area contributed by atoms with Crippen molar-refractivity contribution >= 4 is 45.5 Å². The molecule has 40 heavy (non-hydrogen) atoms. The van der Waals surface area contributed by atoms with Crippen LogP contribution in [0.1, 0.15) is 70.4 Å². The Morgan fingerprint density at radius 1 is 0.825 bits per heavy atom. The number of fused-ring (bicyclic) bond motifs is 1. The number of dihydropyridines is 1. The zero-order chi connectivity index (χ0) is 28.4. The van der Waals surface area contributed by atoms with Crippen LogP contribution >= 0.6 is 23.2 Å². The lowest BCUT2D eigenvalue weighted by Crippen LogP contribution is -2.42. The summed E-state index contributed by atoms with van der Waals surface area (Å²) in [4.78, 5) is 27.6. The first-order valence-corrected chi connectivity index (χ1v) is 14.6. The average Bonchev–Trinajstić information content (AvgIpc) is 2.85. The molecular formula is C34H33Cl2NO3. The number of nitrogens with one attached hydrogen (secondary N) is 1. The molecule has 4 nitrogen and oxygen atoms in total. The number of hydrogen-bond donors (Lipinski definition) is 1. The largest absolute Gasteiger partial charge is 0.487 e. The van der Waals surface area contributed by atoms with E-state index in [4.69, 9.17) is 27.9 Å². The summed E-state index contributed by atoms with van der Waals surface area (Å²) in [7, 11) is 0. The molecule has 0 atom stereocenters. The lowest BCUT2D eigenvalue weighted by molar-refractivity contribution is -0.119. The molecule has 0 unspecified atom stereocenters. The number of carbonyl (C=O) groups is 2. The highest BCUT2D eigenvalue weighted by Crippen LogP contribution is 2.53. The van der Waals surface area contributed by atoms with Crippen molar-refractivity contribution in [1.82, 2.24) is 5.32 Å². The van der Waals surface area contributed by atoms with Gasteiger partial charge in [0.25, 0.3) is 0 Å². The summed E-state index contributed by atoms with van der Waals surface area (Å²) >= 11 is 13.4. The van der Waals surface area contributed by atoms with Crippen molar-refractivity contribution in [3.05, 3.63) is 98.3 Å². The Labute approximate surface area is 245 Å². The predicted molar refractivity (Wildman–Crippen MR) is 161 cm³/mol. The molecule has 0 radical (unpaired) electrons. The third-order valence-electron chi connectivity index (χ3n) is 8.32. The van der Waals surface area contributed by atoms with E-state index in [1.54, 1.807) is 6.07 Å². The van der Waals surface area contributed by atoms with E-state index >= 15 is 0 Å². The SMILES string of the molecule is CC1(C)CC(=O)C2=C(C1)NC1=C(C(=O)CC(C)(C)C1)C2c1cc(Cl)cc(Cl)c1OCc1cccc2ccccc12. The van der Waals surface area contributed by atoms with Gasteiger partial charge in [-0.15, -0.1) is 0 Å². The number of benzene rings is 3. The highest BCUT2D eigenvalue weighted by Gasteiger charge is 2.47. The number of rotatable bonds is 4. The summed E-state index contributed by atoms with van der Waals surface area (Å²) in [6.07, 6.45) is 2.26. The van der Waals surface area contributed by atoms with Gasteiger partial charge in [-0.3, -0.25) is 9.59 Å². The van der Waals surface area contributed by atoms with E-state index in [-0.39, 0.29) is 29.0 Å². The van der Waals surface area contributed by atoms with E-state index in [1.165, 1.54) is 0 Å². The molecule has 1 heterocycles. The first-order chi connectivity index (χ1) is 18.9. The van der Waals surface area contributed by atoms with Gasteiger partial charge < -0.3 is 10.1 Å². The first-order valence-electron chi connectivity index (χ1n) is 13.8. The maximum Gasteiger partial charge on any atom is 0.162 e. The zero-order valence-corrected chi connectivity index (χ0v) is 24.8. The van der Waals surface area contributed by atoms with Crippen LogP contribution in [0.5, 0.6) is 5.75 Å². The Morgan fingerprint density at radius 3 is 2.08 bits per heavy atom.